The Morgan fingerprint density at radius 1 is 1.06 bits per heavy atom. The Balaban J connectivity index is 2.70. The Kier molecular flexibility index (Phi) is 6.65. The molecule has 18 heavy (non-hydrogen) atoms. The zero-order valence-corrected chi connectivity index (χ0v) is 13.3. The van der Waals surface area contributed by atoms with Gasteiger partial charge in [-0.3, -0.25) is 4.90 Å². The van der Waals surface area contributed by atoms with E-state index in [1.807, 2.05) is 0 Å². The van der Waals surface area contributed by atoms with Crippen molar-refractivity contribution in [1.29, 1.82) is 0 Å². The van der Waals surface area contributed by atoms with Crippen LogP contribution in [0.15, 0.2) is 0 Å². The van der Waals surface area contributed by atoms with Crippen LogP contribution in [0.4, 0.5) is 0 Å². The molecule has 1 rings (SSSR count). The first-order valence-electron chi connectivity index (χ1n) is 7.97. The number of rotatable bonds is 6. The molecule has 0 amide bonds. The lowest BCUT2D eigenvalue weighted by Gasteiger charge is -2.45. The Morgan fingerprint density at radius 3 is 2.06 bits per heavy atom. The smallest absolute Gasteiger partial charge is 0.0306 e. The van der Waals surface area contributed by atoms with E-state index in [1.54, 1.807) is 0 Å². The molecule has 1 aliphatic heterocycles. The molecule has 0 spiro atoms. The Hall–Kier alpha value is -0.0800. The molecule has 0 aliphatic carbocycles. The van der Waals surface area contributed by atoms with Crippen molar-refractivity contribution in [1.82, 2.24) is 10.2 Å². The van der Waals surface area contributed by atoms with Crippen LogP contribution < -0.4 is 5.32 Å². The first-order chi connectivity index (χ1) is 8.48. The zero-order valence-electron chi connectivity index (χ0n) is 13.3. The van der Waals surface area contributed by atoms with Gasteiger partial charge in [0.2, 0.25) is 0 Å². The molecule has 0 aromatic heterocycles. The summed E-state index contributed by atoms with van der Waals surface area (Å²) in [6.07, 6.45) is 6.87. The minimum atomic E-state index is 0.282. The number of nitrogens with one attached hydrogen (secondary N) is 1. The largest absolute Gasteiger partial charge is 0.312 e. The monoisotopic (exact) mass is 254 g/mol. The van der Waals surface area contributed by atoms with E-state index in [4.69, 9.17) is 0 Å². The lowest BCUT2D eigenvalue weighted by Crippen LogP contribution is -2.58. The molecular formula is C16H34N2. The maximum Gasteiger partial charge on any atom is 0.0306 e. The van der Waals surface area contributed by atoms with Crippen molar-refractivity contribution < 1.29 is 0 Å². The summed E-state index contributed by atoms with van der Waals surface area (Å²) in [7, 11) is 0. The number of likely N-dealkylation sites (N-methyl/N-ethyl adjacent to an activating group) is 1. The van der Waals surface area contributed by atoms with Gasteiger partial charge in [-0.1, -0.05) is 33.6 Å². The minimum Gasteiger partial charge on any atom is -0.312 e. The number of likely N-dealkylation sites (tertiary alicyclic amines) is 1. The summed E-state index contributed by atoms with van der Waals surface area (Å²) < 4.78 is 0. The average molecular weight is 254 g/mol. The summed E-state index contributed by atoms with van der Waals surface area (Å²) in [5, 5.41) is 3.73. The fourth-order valence-electron chi connectivity index (χ4n) is 3.21. The quantitative estimate of drug-likeness (QED) is 0.778. The lowest BCUT2D eigenvalue weighted by molar-refractivity contribution is 0.0756. The van der Waals surface area contributed by atoms with Crippen molar-refractivity contribution >= 4 is 0 Å². The Labute approximate surface area is 115 Å². The highest BCUT2D eigenvalue weighted by molar-refractivity contribution is 4.94. The molecule has 2 nitrogen and oxygen atoms in total. The summed E-state index contributed by atoms with van der Waals surface area (Å²) in [5.74, 6) is 0.764. The van der Waals surface area contributed by atoms with Gasteiger partial charge in [-0.15, -0.1) is 0 Å². The van der Waals surface area contributed by atoms with Crippen LogP contribution in [0, 0.1) is 5.92 Å². The van der Waals surface area contributed by atoms with E-state index in [2.05, 4.69) is 44.8 Å². The van der Waals surface area contributed by atoms with Gasteiger partial charge in [0.1, 0.15) is 0 Å². The number of nitrogens with zero attached hydrogens (tertiary/aromatic N) is 1. The second kappa shape index (κ2) is 7.49. The first-order valence-corrected chi connectivity index (χ1v) is 7.97. The van der Waals surface area contributed by atoms with Crippen LogP contribution in [0.25, 0.3) is 0 Å². The van der Waals surface area contributed by atoms with Crippen molar-refractivity contribution in [2.75, 3.05) is 19.6 Å². The molecule has 1 aliphatic rings. The minimum absolute atomic E-state index is 0.282. The number of hydrogen-bond acceptors (Lipinski definition) is 2. The van der Waals surface area contributed by atoms with E-state index in [9.17, 15) is 0 Å². The van der Waals surface area contributed by atoms with Gasteiger partial charge < -0.3 is 5.32 Å². The van der Waals surface area contributed by atoms with E-state index in [1.165, 1.54) is 45.2 Å². The van der Waals surface area contributed by atoms with Crippen LogP contribution in [0.1, 0.15) is 66.7 Å². The lowest BCUT2D eigenvalue weighted by atomic mass is 9.86. The summed E-state index contributed by atoms with van der Waals surface area (Å²) in [6, 6.07) is 0.612. The summed E-state index contributed by atoms with van der Waals surface area (Å²) in [6.45, 7) is 15.4. The second-order valence-electron chi connectivity index (χ2n) is 6.79. The molecule has 1 unspecified atom stereocenters. The highest BCUT2D eigenvalue weighted by Gasteiger charge is 2.35. The van der Waals surface area contributed by atoms with Crippen LogP contribution in [-0.2, 0) is 0 Å². The van der Waals surface area contributed by atoms with Crippen LogP contribution in [-0.4, -0.2) is 36.1 Å². The standard InChI is InChI=1S/C16H34N2/c1-6-17-15(13-14(2)3)16(4,5)18-11-9-7-8-10-12-18/h14-15,17H,6-13H2,1-5H3. The summed E-state index contributed by atoms with van der Waals surface area (Å²) in [5.41, 5.74) is 0.282. The van der Waals surface area contributed by atoms with E-state index in [0.29, 0.717) is 6.04 Å². The van der Waals surface area contributed by atoms with Gasteiger partial charge in [-0.25, -0.2) is 0 Å². The topological polar surface area (TPSA) is 15.3 Å². The predicted octanol–water partition coefficient (Wildman–Crippen LogP) is 3.67. The van der Waals surface area contributed by atoms with Crippen LogP contribution in [0.5, 0.6) is 0 Å². The van der Waals surface area contributed by atoms with Gasteiger partial charge in [0.05, 0.1) is 0 Å². The molecule has 1 atom stereocenters. The fraction of sp³-hybridized carbons (Fsp3) is 1.00. The van der Waals surface area contributed by atoms with Gasteiger partial charge in [0, 0.05) is 11.6 Å². The predicted molar refractivity (Wildman–Crippen MR) is 81.0 cm³/mol. The van der Waals surface area contributed by atoms with Gasteiger partial charge >= 0.3 is 0 Å². The van der Waals surface area contributed by atoms with Crippen molar-refractivity contribution in [2.45, 2.75) is 78.3 Å². The first kappa shape index (κ1) is 16.0. The molecule has 1 heterocycles. The van der Waals surface area contributed by atoms with Gasteiger partial charge in [0.25, 0.3) is 0 Å². The van der Waals surface area contributed by atoms with Gasteiger partial charge in [-0.2, -0.15) is 0 Å². The molecule has 0 aromatic carbocycles. The highest BCUT2D eigenvalue weighted by Crippen LogP contribution is 2.26. The summed E-state index contributed by atoms with van der Waals surface area (Å²) in [4.78, 5) is 2.73. The zero-order chi connectivity index (χ0) is 13.6. The van der Waals surface area contributed by atoms with E-state index in [-0.39, 0.29) is 5.54 Å². The van der Waals surface area contributed by atoms with Crippen LogP contribution in [0.3, 0.4) is 0 Å². The van der Waals surface area contributed by atoms with Gasteiger partial charge in [-0.05, 0) is 58.7 Å². The highest BCUT2D eigenvalue weighted by atomic mass is 15.2. The molecule has 1 saturated heterocycles. The van der Waals surface area contributed by atoms with Crippen molar-refractivity contribution in [3.63, 3.8) is 0 Å². The fourth-order valence-corrected chi connectivity index (χ4v) is 3.21. The molecule has 0 aromatic rings. The molecule has 0 radical (unpaired) electrons. The van der Waals surface area contributed by atoms with E-state index in [0.717, 1.165) is 12.5 Å². The van der Waals surface area contributed by atoms with E-state index >= 15 is 0 Å². The van der Waals surface area contributed by atoms with Crippen molar-refractivity contribution in [3.8, 4) is 0 Å². The number of hydrogen-bond donors (Lipinski definition) is 1. The maximum absolute atomic E-state index is 3.73. The van der Waals surface area contributed by atoms with Crippen molar-refractivity contribution in [2.24, 2.45) is 5.92 Å². The molecule has 2 heteroatoms. The Morgan fingerprint density at radius 2 is 1.61 bits per heavy atom. The maximum atomic E-state index is 3.73. The molecule has 1 N–H and O–H groups in total. The van der Waals surface area contributed by atoms with Crippen molar-refractivity contribution in [3.05, 3.63) is 0 Å². The molecular weight excluding hydrogens is 220 g/mol. The molecule has 0 saturated carbocycles. The molecule has 0 bridgehead atoms. The molecule has 1 fully saturated rings. The second-order valence-corrected chi connectivity index (χ2v) is 6.79. The van der Waals surface area contributed by atoms with E-state index < -0.39 is 0 Å². The third-order valence-corrected chi connectivity index (χ3v) is 4.43. The third-order valence-electron chi connectivity index (χ3n) is 4.43. The SMILES string of the molecule is CCNC(CC(C)C)C(C)(C)N1CCCCCC1. The summed E-state index contributed by atoms with van der Waals surface area (Å²) >= 11 is 0. The Bertz CT molecular complexity index is 215. The normalized spacial score (nSPS) is 21.0. The van der Waals surface area contributed by atoms with Crippen LogP contribution >= 0.6 is 0 Å². The molecule has 108 valence electrons. The average Bonchev–Trinajstić information content (AvgIpc) is 2.56. The van der Waals surface area contributed by atoms with Gasteiger partial charge in [0.15, 0.2) is 0 Å². The van der Waals surface area contributed by atoms with Crippen LogP contribution in [0.2, 0.25) is 0 Å². The third kappa shape index (κ3) is 4.55.